The minimum Gasteiger partial charge on any atom is -0.369 e. The molecule has 4 aromatic rings. The second-order valence-corrected chi connectivity index (χ2v) is 10.7. The summed E-state index contributed by atoms with van der Waals surface area (Å²) in [6.45, 7) is 5.22. The first-order chi connectivity index (χ1) is 20.4. The Morgan fingerprint density at radius 1 is 0.952 bits per heavy atom. The molecule has 0 saturated carbocycles. The van der Waals surface area contributed by atoms with E-state index in [1.165, 1.54) is 18.7 Å². The molecule has 218 valence electrons. The molecular weight excluding hydrogens is 532 g/mol. The maximum absolute atomic E-state index is 13.4. The van der Waals surface area contributed by atoms with Gasteiger partial charge in [-0.25, -0.2) is 0 Å². The molecule has 2 heterocycles. The lowest BCUT2D eigenvalue weighted by Gasteiger charge is -2.36. The van der Waals surface area contributed by atoms with Gasteiger partial charge in [-0.15, -0.1) is 0 Å². The Morgan fingerprint density at radius 2 is 1.64 bits per heavy atom. The fourth-order valence-electron chi connectivity index (χ4n) is 5.61. The third kappa shape index (κ3) is 7.13. The Balaban J connectivity index is 1.29. The molecule has 0 aliphatic carbocycles. The van der Waals surface area contributed by atoms with Crippen molar-refractivity contribution in [1.29, 1.82) is 0 Å². The van der Waals surface area contributed by atoms with Crippen molar-refractivity contribution < 1.29 is 14.5 Å². The number of carbonyl (C=O) groups excluding carboxylic acids is 2. The van der Waals surface area contributed by atoms with Gasteiger partial charge in [0, 0.05) is 74.1 Å². The number of nitrogens with zero attached hydrogens (tertiary/aromatic N) is 4. The number of hydrogen-bond donors (Lipinski definition) is 2. The standard InChI is InChI=1S/C32H36N6O4/c1-24(39)37(21-25-9-5-8-14-31(25)38(41)42)22-27(19-26-20-33-30-13-7-6-12-29(26)30)34-32(40)23-35-15-17-36(18-16-35)28-10-3-2-4-11-28/h2-14,20,27,33H,15-19,21-23H2,1H3,(H,34,40). The fourth-order valence-corrected chi connectivity index (χ4v) is 5.61. The molecule has 0 bridgehead atoms. The van der Waals surface area contributed by atoms with Gasteiger partial charge < -0.3 is 20.1 Å². The fraction of sp³-hybridized carbons (Fsp3) is 0.312. The Kier molecular flexibility index (Phi) is 9.13. The zero-order valence-electron chi connectivity index (χ0n) is 23.7. The highest BCUT2D eigenvalue weighted by Gasteiger charge is 2.25. The number of nitrogens with one attached hydrogen (secondary N) is 2. The molecule has 10 nitrogen and oxygen atoms in total. The van der Waals surface area contributed by atoms with E-state index in [9.17, 15) is 19.7 Å². The molecular formula is C32H36N6O4. The Morgan fingerprint density at radius 3 is 2.38 bits per heavy atom. The molecule has 2 N–H and O–H groups in total. The monoisotopic (exact) mass is 568 g/mol. The number of amides is 2. The van der Waals surface area contributed by atoms with Crippen molar-refractivity contribution in [3.8, 4) is 0 Å². The Hall–Kier alpha value is -4.70. The first kappa shape index (κ1) is 28.8. The summed E-state index contributed by atoms with van der Waals surface area (Å²) in [4.78, 5) is 46.6. The van der Waals surface area contributed by atoms with Crippen LogP contribution in [0.2, 0.25) is 0 Å². The van der Waals surface area contributed by atoms with E-state index in [1.54, 1.807) is 23.1 Å². The van der Waals surface area contributed by atoms with Crippen molar-refractivity contribution in [2.75, 3.05) is 44.2 Å². The van der Waals surface area contributed by atoms with Crippen LogP contribution in [0.5, 0.6) is 0 Å². The highest BCUT2D eigenvalue weighted by atomic mass is 16.6. The quantitative estimate of drug-likeness (QED) is 0.209. The average molecular weight is 569 g/mol. The number of fused-ring (bicyclic) bond motifs is 1. The van der Waals surface area contributed by atoms with Gasteiger partial charge in [-0.2, -0.15) is 0 Å². The first-order valence-electron chi connectivity index (χ1n) is 14.2. The maximum atomic E-state index is 13.4. The molecule has 42 heavy (non-hydrogen) atoms. The molecule has 1 aromatic heterocycles. The van der Waals surface area contributed by atoms with Crippen molar-refractivity contribution in [3.05, 3.63) is 106 Å². The number of benzene rings is 3. The Labute approximate surface area is 245 Å². The first-order valence-corrected chi connectivity index (χ1v) is 14.2. The summed E-state index contributed by atoms with van der Waals surface area (Å²) in [5.74, 6) is -0.328. The van der Waals surface area contributed by atoms with Crippen molar-refractivity contribution in [2.24, 2.45) is 0 Å². The number of piperazine rings is 1. The predicted octanol–water partition coefficient (Wildman–Crippen LogP) is 3.97. The summed E-state index contributed by atoms with van der Waals surface area (Å²) in [6, 6.07) is 24.3. The molecule has 1 aliphatic heterocycles. The topological polar surface area (TPSA) is 115 Å². The van der Waals surface area contributed by atoms with Crippen LogP contribution < -0.4 is 10.2 Å². The largest absolute Gasteiger partial charge is 0.369 e. The Bertz CT molecular complexity index is 1530. The van der Waals surface area contributed by atoms with Crippen LogP contribution in [-0.4, -0.2) is 76.8 Å². The minimum atomic E-state index is -0.434. The number of H-pyrrole nitrogens is 1. The van der Waals surface area contributed by atoms with Gasteiger partial charge in [0.25, 0.3) is 5.69 Å². The molecule has 1 fully saturated rings. The summed E-state index contributed by atoms with van der Waals surface area (Å²) in [6.07, 6.45) is 2.44. The third-order valence-corrected chi connectivity index (χ3v) is 7.80. The average Bonchev–Trinajstić information content (AvgIpc) is 3.40. The van der Waals surface area contributed by atoms with Gasteiger partial charge >= 0.3 is 0 Å². The zero-order chi connectivity index (χ0) is 29.5. The van der Waals surface area contributed by atoms with Crippen molar-refractivity contribution in [2.45, 2.75) is 25.9 Å². The van der Waals surface area contributed by atoms with E-state index in [-0.39, 0.29) is 37.1 Å². The lowest BCUT2D eigenvalue weighted by atomic mass is 10.0. The molecule has 1 saturated heterocycles. The second kappa shape index (κ2) is 13.3. The van der Waals surface area contributed by atoms with Gasteiger partial charge in [0.2, 0.25) is 11.8 Å². The number of nitro groups is 1. The van der Waals surface area contributed by atoms with Crippen LogP contribution in [0.4, 0.5) is 11.4 Å². The van der Waals surface area contributed by atoms with E-state index in [2.05, 4.69) is 32.2 Å². The molecule has 0 spiro atoms. The van der Waals surface area contributed by atoms with Crippen molar-refractivity contribution >= 4 is 34.1 Å². The van der Waals surface area contributed by atoms with E-state index < -0.39 is 11.0 Å². The molecule has 1 unspecified atom stereocenters. The maximum Gasteiger partial charge on any atom is 0.274 e. The third-order valence-electron chi connectivity index (χ3n) is 7.80. The van der Waals surface area contributed by atoms with Crippen LogP contribution in [0, 0.1) is 10.1 Å². The summed E-state index contributed by atoms with van der Waals surface area (Å²) in [5.41, 5.74) is 3.63. The molecule has 3 aromatic carbocycles. The molecule has 1 aliphatic rings. The summed E-state index contributed by atoms with van der Waals surface area (Å²) >= 11 is 0. The lowest BCUT2D eigenvalue weighted by Crippen LogP contribution is -2.52. The van der Waals surface area contributed by atoms with Gasteiger partial charge in [0.15, 0.2) is 0 Å². The van der Waals surface area contributed by atoms with E-state index in [0.717, 1.165) is 42.6 Å². The molecule has 5 rings (SSSR count). The van der Waals surface area contributed by atoms with Crippen LogP contribution in [0.15, 0.2) is 85.1 Å². The van der Waals surface area contributed by atoms with E-state index in [0.29, 0.717) is 12.0 Å². The van der Waals surface area contributed by atoms with Crippen molar-refractivity contribution in [1.82, 2.24) is 20.1 Å². The highest BCUT2D eigenvalue weighted by molar-refractivity contribution is 5.83. The van der Waals surface area contributed by atoms with Crippen LogP contribution in [0.3, 0.4) is 0 Å². The number of carbonyl (C=O) groups is 2. The number of rotatable bonds is 11. The normalized spacial score (nSPS) is 14.5. The summed E-state index contributed by atoms with van der Waals surface area (Å²) in [5, 5.41) is 15.8. The number of aromatic amines is 1. The number of para-hydroxylation sites is 3. The van der Waals surface area contributed by atoms with Crippen LogP contribution in [-0.2, 0) is 22.6 Å². The van der Waals surface area contributed by atoms with Gasteiger partial charge in [-0.1, -0.05) is 54.6 Å². The smallest absolute Gasteiger partial charge is 0.274 e. The number of nitro benzene ring substituents is 1. The molecule has 10 heteroatoms. The van der Waals surface area contributed by atoms with Gasteiger partial charge in [-0.05, 0) is 30.2 Å². The van der Waals surface area contributed by atoms with E-state index >= 15 is 0 Å². The summed E-state index contributed by atoms with van der Waals surface area (Å²) in [7, 11) is 0. The zero-order valence-corrected chi connectivity index (χ0v) is 23.7. The molecule has 1 atom stereocenters. The number of hydrogen-bond acceptors (Lipinski definition) is 6. The molecule has 2 amide bonds. The van der Waals surface area contributed by atoms with Crippen LogP contribution >= 0.6 is 0 Å². The number of anilines is 1. The van der Waals surface area contributed by atoms with Gasteiger partial charge in [0.05, 0.1) is 24.1 Å². The van der Waals surface area contributed by atoms with E-state index in [1.807, 2.05) is 48.7 Å². The second-order valence-electron chi connectivity index (χ2n) is 10.7. The van der Waals surface area contributed by atoms with E-state index in [4.69, 9.17) is 0 Å². The van der Waals surface area contributed by atoms with Crippen molar-refractivity contribution in [3.63, 3.8) is 0 Å². The number of aromatic nitrogens is 1. The SMILES string of the molecule is CC(=O)N(Cc1ccccc1[N+](=O)[O-])CC(Cc1c[nH]c2ccccc12)NC(=O)CN1CCN(c2ccccc2)CC1. The molecule has 0 radical (unpaired) electrons. The highest BCUT2D eigenvalue weighted by Crippen LogP contribution is 2.22. The van der Waals surface area contributed by atoms with Crippen LogP contribution in [0.1, 0.15) is 18.1 Å². The van der Waals surface area contributed by atoms with Gasteiger partial charge in [-0.3, -0.25) is 24.6 Å². The lowest BCUT2D eigenvalue weighted by molar-refractivity contribution is -0.385. The van der Waals surface area contributed by atoms with Crippen LogP contribution in [0.25, 0.3) is 10.9 Å². The minimum absolute atomic E-state index is 0.0318. The van der Waals surface area contributed by atoms with Gasteiger partial charge in [0.1, 0.15) is 0 Å². The summed E-state index contributed by atoms with van der Waals surface area (Å²) < 4.78 is 0. The predicted molar refractivity (Wildman–Crippen MR) is 163 cm³/mol.